The number of nitrogens with one attached hydrogen (secondary N) is 1. The topological polar surface area (TPSA) is 34.2 Å². The second-order valence-electron chi connectivity index (χ2n) is 4.79. The second kappa shape index (κ2) is 7.28. The van der Waals surface area contributed by atoms with Crippen molar-refractivity contribution in [3.05, 3.63) is 23.9 Å². The molecule has 0 aromatic carbocycles. The van der Waals surface area contributed by atoms with Crippen molar-refractivity contribution >= 4 is 5.82 Å². The molecule has 1 atom stereocenters. The van der Waals surface area contributed by atoms with Crippen molar-refractivity contribution in [3.8, 4) is 0 Å². The quantitative estimate of drug-likeness (QED) is 0.787. The van der Waals surface area contributed by atoms with Gasteiger partial charge < -0.3 is 10.1 Å². The molecule has 0 aliphatic rings. The zero-order chi connectivity index (χ0) is 12.7. The van der Waals surface area contributed by atoms with Gasteiger partial charge in [0.15, 0.2) is 0 Å². The highest BCUT2D eigenvalue weighted by atomic mass is 16.5. The molecule has 0 bridgehead atoms. The van der Waals surface area contributed by atoms with Crippen molar-refractivity contribution < 1.29 is 4.74 Å². The molecule has 0 fully saturated rings. The summed E-state index contributed by atoms with van der Waals surface area (Å²) < 4.78 is 5.85. The summed E-state index contributed by atoms with van der Waals surface area (Å²) in [5, 5.41) is 3.25. The van der Waals surface area contributed by atoms with Crippen molar-refractivity contribution in [1.82, 2.24) is 4.98 Å². The maximum Gasteiger partial charge on any atom is 0.131 e. The van der Waals surface area contributed by atoms with Crippen molar-refractivity contribution in [2.75, 3.05) is 11.9 Å². The molecule has 0 amide bonds. The lowest BCUT2D eigenvalue weighted by Crippen LogP contribution is -2.12. The van der Waals surface area contributed by atoms with Crippen molar-refractivity contribution in [1.29, 1.82) is 0 Å². The second-order valence-corrected chi connectivity index (χ2v) is 4.79. The van der Waals surface area contributed by atoms with Crippen LogP contribution in [0.15, 0.2) is 18.3 Å². The number of anilines is 1. The van der Waals surface area contributed by atoms with Gasteiger partial charge in [0.05, 0.1) is 12.7 Å². The number of aromatic nitrogens is 1. The highest BCUT2D eigenvalue weighted by molar-refractivity contribution is 5.42. The van der Waals surface area contributed by atoms with E-state index in [-0.39, 0.29) is 0 Å². The standard InChI is InChI=1S/C14H24N2O/c1-5-15-14-13(7-6-8-16-14)10-17-12(4)9-11(2)3/h6-8,11-12H,5,9-10H2,1-4H3,(H,15,16). The molecule has 3 nitrogen and oxygen atoms in total. The van der Waals surface area contributed by atoms with Crippen LogP contribution in [0.4, 0.5) is 5.82 Å². The van der Waals surface area contributed by atoms with Gasteiger partial charge in [-0.05, 0) is 32.3 Å². The fourth-order valence-electron chi connectivity index (χ4n) is 1.85. The minimum absolute atomic E-state index is 0.296. The van der Waals surface area contributed by atoms with Crippen molar-refractivity contribution in [2.45, 2.75) is 46.8 Å². The monoisotopic (exact) mass is 236 g/mol. The summed E-state index contributed by atoms with van der Waals surface area (Å²) in [7, 11) is 0. The predicted molar refractivity (Wildman–Crippen MR) is 72.1 cm³/mol. The van der Waals surface area contributed by atoms with Gasteiger partial charge in [-0.15, -0.1) is 0 Å². The summed E-state index contributed by atoms with van der Waals surface area (Å²) in [5.41, 5.74) is 1.13. The molecule has 0 radical (unpaired) electrons. The molecular weight excluding hydrogens is 212 g/mol. The van der Waals surface area contributed by atoms with Gasteiger partial charge in [0.1, 0.15) is 5.82 Å². The third kappa shape index (κ3) is 5.18. The summed E-state index contributed by atoms with van der Waals surface area (Å²) in [6.45, 7) is 10.1. The largest absolute Gasteiger partial charge is 0.374 e. The summed E-state index contributed by atoms with van der Waals surface area (Å²) >= 11 is 0. The minimum Gasteiger partial charge on any atom is -0.374 e. The molecule has 3 heteroatoms. The number of hydrogen-bond acceptors (Lipinski definition) is 3. The Balaban J connectivity index is 2.50. The van der Waals surface area contributed by atoms with E-state index in [0.29, 0.717) is 18.6 Å². The lowest BCUT2D eigenvalue weighted by Gasteiger charge is -2.16. The fourth-order valence-corrected chi connectivity index (χ4v) is 1.85. The van der Waals surface area contributed by atoms with Crippen LogP contribution in [-0.4, -0.2) is 17.6 Å². The zero-order valence-corrected chi connectivity index (χ0v) is 11.4. The maximum atomic E-state index is 5.85. The zero-order valence-electron chi connectivity index (χ0n) is 11.4. The first-order valence-corrected chi connectivity index (χ1v) is 6.42. The normalized spacial score (nSPS) is 12.8. The summed E-state index contributed by atoms with van der Waals surface area (Å²) in [6, 6.07) is 4.01. The van der Waals surface area contributed by atoms with E-state index in [2.05, 4.69) is 44.1 Å². The van der Waals surface area contributed by atoms with Gasteiger partial charge in [-0.2, -0.15) is 0 Å². The first kappa shape index (κ1) is 14.0. The van der Waals surface area contributed by atoms with Gasteiger partial charge in [0.25, 0.3) is 0 Å². The molecule has 0 aliphatic heterocycles. The van der Waals surface area contributed by atoms with Crippen LogP contribution in [0.3, 0.4) is 0 Å². The van der Waals surface area contributed by atoms with Gasteiger partial charge in [-0.1, -0.05) is 19.9 Å². The average molecular weight is 236 g/mol. The van der Waals surface area contributed by atoms with Gasteiger partial charge in [0.2, 0.25) is 0 Å². The number of ether oxygens (including phenoxy) is 1. The molecule has 1 heterocycles. The maximum absolute atomic E-state index is 5.85. The summed E-state index contributed by atoms with van der Waals surface area (Å²) in [6.07, 6.45) is 3.19. The Bertz CT molecular complexity index is 326. The van der Waals surface area contributed by atoms with Crippen LogP contribution in [0, 0.1) is 5.92 Å². The van der Waals surface area contributed by atoms with Crippen LogP contribution < -0.4 is 5.32 Å². The van der Waals surface area contributed by atoms with Gasteiger partial charge in [-0.25, -0.2) is 4.98 Å². The molecule has 17 heavy (non-hydrogen) atoms. The Kier molecular flexibility index (Phi) is 5.98. The molecule has 0 saturated heterocycles. The molecule has 1 aromatic heterocycles. The highest BCUT2D eigenvalue weighted by Crippen LogP contribution is 2.15. The van der Waals surface area contributed by atoms with E-state index in [1.54, 1.807) is 6.20 Å². The Morgan fingerprint density at radius 1 is 1.35 bits per heavy atom. The van der Waals surface area contributed by atoms with E-state index in [0.717, 1.165) is 24.3 Å². The smallest absolute Gasteiger partial charge is 0.131 e. The number of pyridine rings is 1. The number of hydrogen-bond donors (Lipinski definition) is 1. The van der Waals surface area contributed by atoms with E-state index in [4.69, 9.17) is 4.74 Å². The Morgan fingerprint density at radius 3 is 2.76 bits per heavy atom. The molecule has 0 spiro atoms. The van der Waals surface area contributed by atoms with E-state index in [9.17, 15) is 0 Å². The Morgan fingerprint density at radius 2 is 2.12 bits per heavy atom. The molecule has 1 N–H and O–H groups in total. The predicted octanol–water partition coefficient (Wildman–Crippen LogP) is 3.46. The van der Waals surface area contributed by atoms with Crippen LogP contribution in [-0.2, 0) is 11.3 Å². The Labute approximate surface area is 105 Å². The minimum atomic E-state index is 0.296. The molecule has 0 aliphatic carbocycles. The van der Waals surface area contributed by atoms with E-state index >= 15 is 0 Å². The first-order chi connectivity index (χ1) is 8.13. The van der Waals surface area contributed by atoms with Gasteiger partial charge in [0, 0.05) is 18.3 Å². The SMILES string of the molecule is CCNc1ncccc1COC(C)CC(C)C. The van der Waals surface area contributed by atoms with Crippen molar-refractivity contribution in [2.24, 2.45) is 5.92 Å². The third-order valence-electron chi connectivity index (χ3n) is 2.56. The van der Waals surface area contributed by atoms with Crippen LogP contribution >= 0.6 is 0 Å². The third-order valence-corrected chi connectivity index (χ3v) is 2.56. The lowest BCUT2D eigenvalue weighted by atomic mass is 10.1. The summed E-state index contributed by atoms with van der Waals surface area (Å²) in [5.74, 6) is 1.61. The molecule has 0 saturated carbocycles. The van der Waals surface area contributed by atoms with E-state index in [1.165, 1.54) is 0 Å². The first-order valence-electron chi connectivity index (χ1n) is 6.42. The van der Waals surface area contributed by atoms with E-state index in [1.807, 2.05) is 6.07 Å². The van der Waals surface area contributed by atoms with Crippen LogP contribution in [0.2, 0.25) is 0 Å². The Hall–Kier alpha value is -1.09. The molecular formula is C14H24N2O. The van der Waals surface area contributed by atoms with Crippen LogP contribution in [0.1, 0.15) is 39.7 Å². The number of rotatable bonds is 7. The van der Waals surface area contributed by atoms with Gasteiger partial charge >= 0.3 is 0 Å². The molecule has 96 valence electrons. The van der Waals surface area contributed by atoms with E-state index < -0.39 is 0 Å². The van der Waals surface area contributed by atoms with Crippen LogP contribution in [0.5, 0.6) is 0 Å². The van der Waals surface area contributed by atoms with Gasteiger partial charge in [-0.3, -0.25) is 0 Å². The number of nitrogens with zero attached hydrogens (tertiary/aromatic N) is 1. The van der Waals surface area contributed by atoms with Crippen LogP contribution in [0.25, 0.3) is 0 Å². The molecule has 1 aromatic rings. The summed E-state index contributed by atoms with van der Waals surface area (Å²) in [4.78, 5) is 4.32. The average Bonchev–Trinajstić information content (AvgIpc) is 2.27. The lowest BCUT2D eigenvalue weighted by molar-refractivity contribution is 0.0399. The van der Waals surface area contributed by atoms with Crippen molar-refractivity contribution in [3.63, 3.8) is 0 Å². The molecule has 1 unspecified atom stereocenters. The highest BCUT2D eigenvalue weighted by Gasteiger charge is 2.07. The fraction of sp³-hybridized carbons (Fsp3) is 0.643. The molecule has 1 rings (SSSR count).